The molecule has 0 aliphatic carbocycles. The van der Waals surface area contributed by atoms with Crippen molar-refractivity contribution in [1.29, 1.82) is 0 Å². The molecule has 0 saturated heterocycles. The number of carbonyl (C=O) groups excluding carboxylic acids is 1. The number of nitrogens with one attached hydrogen (secondary N) is 1. The van der Waals surface area contributed by atoms with Gasteiger partial charge in [-0.05, 0) is 33.0 Å². The largest absolute Gasteiger partial charge is 0.359 e. The average Bonchev–Trinajstić information content (AvgIpc) is 2.04. The molecule has 0 unspecified atom stereocenters. The standard InChI is InChI=1S/C8H18N2O/c1-3-10(2)7-5-4-6-9-8-11/h8H,3-7H2,1-2H3,(H,9,11). The Morgan fingerprint density at radius 3 is 2.73 bits per heavy atom. The van der Waals surface area contributed by atoms with Crippen LogP contribution >= 0.6 is 0 Å². The zero-order chi connectivity index (χ0) is 8.53. The second kappa shape index (κ2) is 7.54. The van der Waals surface area contributed by atoms with Crippen molar-refractivity contribution < 1.29 is 4.79 Å². The number of amides is 1. The van der Waals surface area contributed by atoms with Crippen molar-refractivity contribution in [3.05, 3.63) is 0 Å². The second-order valence-electron chi connectivity index (χ2n) is 2.67. The van der Waals surface area contributed by atoms with Gasteiger partial charge < -0.3 is 10.2 Å². The fraction of sp³-hybridized carbons (Fsp3) is 0.875. The molecule has 11 heavy (non-hydrogen) atoms. The van der Waals surface area contributed by atoms with Gasteiger partial charge in [0, 0.05) is 6.54 Å². The van der Waals surface area contributed by atoms with E-state index in [0.717, 1.165) is 38.9 Å². The van der Waals surface area contributed by atoms with Gasteiger partial charge in [-0.3, -0.25) is 4.79 Å². The molecule has 66 valence electrons. The molecule has 0 fully saturated rings. The van der Waals surface area contributed by atoms with Crippen LogP contribution in [0.4, 0.5) is 0 Å². The van der Waals surface area contributed by atoms with Gasteiger partial charge >= 0.3 is 0 Å². The average molecular weight is 158 g/mol. The molecular weight excluding hydrogens is 140 g/mol. The Kier molecular flexibility index (Phi) is 7.15. The number of rotatable bonds is 7. The van der Waals surface area contributed by atoms with Gasteiger partial charge in [0.2, 0.25) is 6.41 Å². The van der Waals surface area contributed by atoms with E-state index >= 15 is 0 Å². The van der Waals surface area contributed by atoms with E-state index in [1.807, 2.05) is 0 Å². The molecule has 0 saturated carbocycles. The van der Waals surface area contributed by atoms with Crippen LogP contribution in [0.5, 0.6) is 0 Å². The summed E-state index contributed by atoms with van der Waals surface area (Å²) in [5, 5.41) is 2.64. The maximum Gasteiger partial charge on any atom is 0.207 e. The lowest BCUT2D eigenvalue weighted by Gasteiger charge is -2.12. The molecule has 1 N–H and O–H groups in total. The van der Waals surface area contributed by atoms with Gasteiger partial charge in [-0.15, -0.1) is 0 Å². The SMILES string of the molecule is CCN(C)CCCCNC=O. The molecule has 0 aliphatic heterocycles. The first-order valence-corrected chi connectivity index (χ1v) is 4.16. The summed E-state index contributed by atoms with van der Waals surface area (Å²) in [5.41, 5.74) is 0. The summed E-state index contributed by atoms with van der Waals surface area (Å²) >= 11 is 0. The topological polar surface area (TPSA) is 32.3 Å². The lowest BCUT2D eigenvalue weighted by Crippen LogP contribution is -2.20. The summed E-state index contributed by atoms with van der Waals surface area (Å²) in [6.07, 6.45) is 2.98. The molecular formula is C8H18N2O. The van der Waals surface area contributed by atoms with Gasteiger partial charge in [0.15, 0.2) is 0 Å². The Labute approximate surface area is 68.8 Å². The van der Waals surface area contributed by atoms with E-state index in [1.54, 1.807) is 0 Å². The van der Waals surface area contributed by atoms with E-state index in [4.69, 9.17) is 0 Å². The number of hydrogen-bond acceptors (Lipinski definition) is 2. The summed E-state index contributed by atoms with van der Waals surface area (Å²) < 4.78 is 0. The van der Waals surface area contributed by atoms with Crippen molar-refractivity contribution in [3.8, 4) is 0 Å². The van der Waals surface area contributed by atoms with Crippen LogP contribution in [0.15, 0.2) is 0 Å². The fourth-order valence-corrected chi connectivity index (χ4v) is 0.826. The molecule has 3 nitrogen and oxygen atoms in total. The van der Waals surface area contributed by atoms with Crippen LogP contribution in [-0.4, -0.2) is 38.0 Å². The third-order valence-corrected chi connectivity index (χ3v) is 1.73. The van der Waals surface area contributed by atoms with Crippen LogP contribution in [0.25, 0.3) is 0 Å². The molecule has 0 heterocycles. The van der Waals surface area contributed by atoms with E-state index in [-0.39, 0.29) is 0 Å². The van der Waals surface area contributed by atoms with Crippen LogP contribution in [0, 0.1) is 0 Å². The number of unbranched alkanes of at least 4 members (excludes halogenated alkanes) is 1. The summed E-state index contributed by atoms with van der Waals surface area (Å²) in [4.78, 5) is 12.1. The molecule has 0 aliphatic rings. The quantitative estimate of drug-likeness (QED) is 0.431. The second-order valence-corrected chi connectivity index (χ2v) is 2.67. The van der Waals surface area contributed by atoms with E-state index < -0.39 is 0 Å². The Hall–Kier alpha value is -0.570. The zero-order valence-electron chi connectivity index (χ0n) is 7.47. The third kappa shape index (κ3) is 7.33. The van der Waals surface area contributed by atoms with Gasteiger partial charge in [-0.1, -0.05) is 6.92 Å². The molecule has 0 spiro atoms. The number of carbonyl (C=O) groups is 1. The highest BCUT2D eigenvalue weighted by molar-refractivity contribution is 5.45. The summed E-state index contributed by atoms with van der Waals surface area (Å²) in [5.74, 6) is 0. The number of hydrogen-bond donors (Lipinski definition) is 1. The van der Waals surface area contributed by atoms with Crippen molar-refractivity contribution >= 4 is 6.41 Å². The normalized spacial score (nSPS) is 10.1. The van der Waals surface area contributed by atoms with E-state index in [2.05, 4.69) is 24.2 Å². The van der Waals surface area contributed by atoms with Crippen molar-refractivity contribution in [2.45, 2.75) is 19.8 Å². The maximum absolute atomic E-state index is 9.84. The molecule has 3 heteroatoms. The Morgan fingerprint density at radius 1 is 1.45 bits per heavy atom. The monoisotopic (exact) mass is 158 g/mol. The van der Waals surface area contributed by atoms with Crippen molar-refractivity contribution in [2.75, 3.05) is 26.7 Å². The highest BCUT2D eigenvalue weighted by Crippen LogP contribution is 1.90. The van der Waals surface area contributed by atoms with Gasteiger partial charge in [0.25, 0.3) is 0 Å². The van der Waals surface area contributed by atoms with Gasteiger partial charge in [0.05, 0.1) is 0 Å². The smallest absolute Gasteiger partial charge is 0.207 e. The summed E-state index contributed by atoms with van der Waals surface area (Å²) in [6.45, 7) is 5.17. The van der Waals surface area contributed by atoms with Crippen LogP contribution in [0.1, 0.15) is 19.8 Å². The van der Waals surface area contributed by atoms with Crippen molar-refractivity contribution in [3.63, 3.8) is 0 Å². The molecule has 0 aromatic rings. The molecule has 0 bridgehead atoms. The minimum Gasteiger partial charge on any atom is -0.359 e. The molecule has 0 atom stereocenters. The van der Waals surface area contributed by atoms with Gasteiger partial charge in [-0.25, -0.2) is 0 Å². The third-order valence-electron chi connectivity index (χ3n) is 1.73. The van der Waals surface area contributed by atoms with Crippen LogP contribution in [0.2, 0.25) is 0 Å². The van der Waals surface area contributed by atoms with E-state index in [1.165, 1.54) is 0 Å². The lowest BCUT2D eigenvalue weighted by atomic mass is 10.3. The molecule has 0 radical (unpaired) electrons. The minimum atomic E-state index is 0.754. The predicted molar refractivity (Wildman–Crippen MR) is 46.5 cm³/mol. The fourth-order valence-electron chi connectivity index (χ4n) is 0.826. The first kappa shape index (κ1) is 10.4. The van der Waals surface area contributed by atoms with Gasteiger partial charge in [0.1, 0.15) is 0 Å². The van der Waals surface area contributed by atoms with E-state index in [0.29, 0.717) is 0 Å². The van der Waals surface area contributed by atoms with Gasteiger partial charge in [-0.2, -0.15) is 0 Å². The highest BCUT2D eigenvalue weighted by atomic mass is 16.1. The maximum atomic E-state index is 9.84. The first-order chi connectivity index (χ1) is 5.31. The van der Waals surface area contributed by atoms with Crippen LogP contribution in [-0.2, 0) is 4.79 Å². The Bertz CT molecular complexity index is 96.1. The van der Waals surface area contributed by atoms with Crippen molar-refractivity contribution in [1.82, 2.24) is 10.2 Å². The highest BCUT2D eigenvalue weighted by Gasteiger charge is 1.92. The predicted octanol–water partition coefficient (Wildman–Crippen LogP) is 0.464. The van der Waals surface area contributed by atoms with Crippen molar-refractivity contribution in [2.24, 2.45) is 0 Å². The molecule has 0 rings (SSSR count). The molecule has 0 aromatic carbocycles. The zero-order valence-corrected chi connectivity index (χ0v) is 7.47. The molecule has 0 aromatic heterocycles. The Morgan fingerprint density at radius 2 is 2.18 bits per heavy atom. The minimum absolute atomic E-state index is 0.754. The van der Waals surface area contributed by atoms with Crippen LogP contribution < -0.4 is 5.32 Å². The van der Waals surface area contributed by atoms with Crippen LogP contribution in [0.3, 0.4) is 0 Å². The summed E-state index contributed by atoms with van der Waals surface area (Å²) in [7, 11) is 2.10. The number of nitrogens with zero attached hydrogens (tertiary/aromatic N) is 1. The summed E-state index contributed by atoms with van der Waals surface area (Å²) in [6, 6.07) is 0. The molecule has 1 amide bonds. The van der Waals surface area contributed by atoms with E-state index in [9.17, 15) is 4.79 Å². The lowest BCUT2D eigenvalue weighted by molar-refractivity contribution is -0.109. The first-order valence-electron chi connectivity index (χ1n) is 4.16. The Balaban J connectivity index is 2.95.